The summed E-state index contributed by atoms with van der Waals surface area (Å²) in [4.78, 5) is 22.3. The monoisotopic (exact) mass is 377 g/mol. The molecule has 2 aromatic rings. The molecule has 0 saturated carbocycles. The van der Waals surface area contributed by atoms with Gasteiger partial charge in [0, 0.05) is 40.4 Å². The third kappa shape index (κ3) is 4.79. The van der Waals surface area contributed by atoms with Crippen molar-refractivity contribution in [2.24, 2.45) is 0 Å². The first kappa shape index (κ1) is 17.0. The quantitative estimate of drug-likeness (QED) is 0.458. The largest absolute Gasteiger partial charge is 0.383 e. The number of hydrogen-bond donors (Lipinski definition) is 2. The second kappa shape index (κ2) is 7.73. The van der Waals surface area contributed by atoms with Crippen LogP contribution in [-0.4, -0.2) is 23.9 Å². The Hall–Kier alpha value is -2.41. The number of carbonyl (C=O) groups excluding carboxylic acids is 1. The maximum atomic E-state index is 11.9. The van der Waals surface area contributed by atoms with Crippen molar-refractivity contribution in [1.29, 1.82) is 0 Å². The highest BCUT2D eigenvalue weighted by molar-refractivity contribution is 9.10. The van der Waals surface area contributed by atoms with Crippen LogP contribution >= 0.6 is 15.9 Å². The van der Waals surface area contributed by atoms with Gasteiger partial charge in [-0.2, -0.15) is 0 Å². The van der Waals surface area contributed by atoms with E-state index in [9.17, 15) is 14.9 Å². The summed E-state index contributed by atoms with van der Waals surface area (Å²) in [6.07, 6.45) is 0. The van der Waals surface area contributed by atoms with Gasteiger partial charge in [-0.1, -0.05) is 15.9 Å². The van der Waals surface area contributed by atoms with Gasteiger partial charge in [0.15, 0.2) is 0 Å². The van der Waals surface area contributed by atoms with Crippen LogP contribution in [0, 0.1) is 17.0 Å². The van der Waals surface area contributed by atoms with E-state index in [-0.39, 0.29) is 11.6 Å². The highest BCUT2D eigenvalue weighted by Gasteiger charge is 2.10. The zero-order valence-electron chi connectivity index (χ0n) is 12.5. The van der Waals surface area contributed by atoms with Crippen molar-refractivity contribution >= 4 is 33.2 Å². The fourth-order valence-electron chi connectivity index (χ4n) is 2.06. The van der Waals surface area contributed by atoms with Crippen molar-refractivity contribution in [3.63, 3.8) is 0 Å². The number of amides is 1. The number of nitro benzene ring substituents is 1. The first-order valence-electron chi connectivity index (χ1n) is 7.00. The van der Waals surface area contributed by atoms with Crippen molar-refractivity contribution in [1.82, 2.24) is 5.32 Å². The molecule has 0 bridgehead atoms. The summed E-state index contributed by atoms with van der Waals surface area (Å²) in [6, 6.07) is 12.0. The van der Waals surface area contributed by atoms with Crippen LogP contribution in [-0.2, 0) is 0 Å². The van der Waals surface area contributed by atoms with Crippen LogP contribution < -0.4 is 10.6 Å². The average Bonchev–Trinajstić information content (AvgIpc) is 2.51. The third-order valence-electron chi connectivity index (χ3n) is 3.24. The van der Waals surface area contributed by atoms with Crippen LogP contribution in [0.3, 0.4) is 0 Å². The standard InChI is InChI=1S/C16H16BrN3O3/c1-11-10-14(6-7-15(11)20(22)23)18-8-9-19-16(21)12-2-4-13(17)5-3-12/h2-7,10,18H,8-9H2,1H3,(H,19,21). The summed E-state index contributed by atoms with van der Waals surface area (Å²) in [5, 5.41) is 16.7. The molecule has 1 amide bonds. The van der Waals surface area contributed by atoms with Crippen molar-refractivity contribution < 1.29 is 9.72 Å². The topological polar surface area (TPSA) is 84.3 Å². The number of rotatable bonds is 6. The Bertz CT molecular complexity index is 717. The molecule has 0 atom stereocenters. The van der Waals surface area contributed by atoms with E-state index < -0.39 is 4.92 Å². The third-order valence-corrected chi connectivity index (χ3v) is 3.77. The first-order chi connectivity index (χ1) is 11.0. The van der Waals surface area contributed by atoms with Gasteiger partial charge in [-0.25, -0.2) is 0 Å². The lowest BCUT2D eigenvalue weighted by Crippen LogP contribution is -2.28. The van der Waals surface area contributed by atoms with Gasteiger partial charge in [0.25, 0.3) is 11.6 Å². The zero-order chi connectivity index (χ0) is 16.8. The second-order valence-corrected chi connectivity index (χ2v) is 5.86. The molecular formula is C16H16BrN3O3. The van der Waals surface area contributed by atoms with Crippen LogP contribution in [0.1, 0.15) is 15.9 Å². The number of nitrogens with zero attached hydrogens (tertiary/aromatic N) is 1. The lowest BCUT2D eigenvalue weighted by atomic mass is 10.2. The smallest absolute Gasteiger partial charge is 0.272 e. The molecule has 6 nitrogen and oxygen atoms in total. The predicted octanol–water partition coefficient (Wildman–Crippen LogP) is 3.51. The summed E-state index contributed by atoms with van der Waals surface area (Å²) < 4.78 is 0.921. The van der Waals surface area contributed by atoms with Gasteiger partial charge in [-0.3, -0.25) is 14.9 Å². The molecule has 0 unspecified atom stereocenters. The lowest BCUT2D eigenvalue weighted by Gasteiger charge is -2.09. The van der Waals surface area contributed by atoms with Crippen LogP contribution in [0.2, 0.25) is 0 Å². The Morgan fingerprint density at radius 3 is 2.48 bits per heavy atom. The summed E-state index contributed by atoms with van der Waals surface area (Å²) >= 11 is 3.32. The van der Waals surface area contributed by atoms with Gasteiger partial charge in [0.05, 0.1) is 4.92 Å². The van der Waals surface area contributed by atoms with Gasteiger partial charge in [0.1, 0.15) is 0 Å². The Morgan fingerprint density at radius 2 is 1.87 bits per heavy atom. The molecule has 2 aromatic carbocycles. The van der Waals surface area contributed by atoms with Gasteiger partial charge < -0.3 is 10.6 Å². The number of benzene rings is 2. The number of halogens is 1. The number of nitrogens with one attached hydrogen (secondary N) is 2. The van der Waals surface area contributed by atoms with E-state index in [2.05, 4.69) is 26.6 Å². The van der Waals surface area contributed by atoms with E-state index in [0.29, 0.717) is 24.2 Å². The van der Waals surface area contributed by atoms with E-state index in [1.165, 1.54) is 6.07 Å². The molecule has 7 heteroatoms. The Morgan fingerprint density at radius 1 is 1.17 bits per heavy atom. The minimum atomic E-state index is -0.405. The van der Waals surface area contributed by atoms with Crippen LogP contribution in [0.15, 0.2) is 46.9 Å². The SMILES string of the molecule is Cc1cc(NCCNC(=O)c2ccc(Br)cc2)ccc1[N+](=O)[O-]. The number of carbonyl (C=O) groups is 1. The highest BCUT2D eigenvalue weighted by Crippen LogP contribution is 2.21. The summed E-state index contributed by atoms with van der Waals surface area (Å²) in [7, 11) is 0. The maximum absolute atomic E-state index is 11.9. The zero-order valence-corrected chi connectivity index (χ0v) is 14.1. The van der Waals surface area contributed by atoms with Crippen LogP contribution in [0.5, 0.6) is 0 Å². The highest BCUT2D eigenvalue weighted by atomic mass is 79.9. The molecule has 120 valence electrons. The second-order valence-electron chi connectivity index (χ2n) is 4.95. The lowest BCUT2D eigenvalue weighted by molar-refractivity contribution is -0.385. The molecule has 0 spiro atoms. The van der Waals surface area contributed by atoms with E-state index in [1.54, 1.807) is 31.2 Å². The van der Waals surface area contributed by atoms with Crippen LogP contribution in [0.4, 0.5) is 11.4 Å². The molecule has 0 heterocycles. The number of nitro groups is 1. The minimum absolute atomic E-state index is 0.0964. The summed E-state index contributed by atoms with van der Waals surface area (Å²) in [6.45, 7) is 2.67. The van der Waals surface area contributed by atoms with E-state index in [0.717, 1.165) is 10.2 Å². The fourth-order valence-corrected chi connectivity index (χ4v) is 2.32. The summed E-state index contributed by atoms with van der Waals surface area (Å²) in [5.41, 5.74) is 2.07. The van der Waals surface area contributed by atoms with Gasteiger partial charge in [0.2, 0.25) is 0 Å². The molecule has 2 N–H and O–H groups in total. The molecule has 0 saturated heterocycles. The van der Waals surface area contributed by atoms with Crippen molar-refractivity contribution in [2.45, 2.75) is 6.92 Å². The minimum Gasteiger partial charge on any atom is -0.383 e. The molecule has 0 fully saturated rings. The number of aryl methyl sites for hydroxylation is 1. The molecule has 23 heavy (non-hydrogen) atoms. The van der Waals surface area contributed by atoms with E-state index >= 15 is 0 Å². The molecule has 0 aromatic heterocycles. The molecule has 2 rings (SSSR count). The Labute approximate surface area is 142 Å². The summed E-state index contributed by atoms with van der Waals surface area (Å²) in [5.74, 6) is -0.140. The Balaban J connectivity index is 1.81. The molecule has 0 aliphatic carbocycles. The normalized spacial score (nSPS) is 10.2. The maximum Gasteiger partial charge on any atom is 0.272 e. The fraction of sp³-hybridized carbons (Fsp3) is 0.188. The first-order valence-corrected chi connectivity index (χ1v) is 7.79. The average molecular weight is 378 g/mol. The van der Waals surface area contributed by atoms with Crippen molar-refractivity contribution in [3.05, 3.63) is 68.2 Å². The van der Waals surface area contributed by atoms with Crippen molar-refractivity contribution in [2.75, 3.05) is 18.4 Å². The molecule has 0 aliphatic heterocycles. The molecule has 0 radical (unpaired) electrons. The predicted molar refractivity (Wildman–Crippen MR) is 92.8 cm³/mol. The Kier molecular flexibility index (Phi) is 5.70. The van der Waals surface area contributed by atoms with Gasteiger partial charge in [-0.15, -0.1) is 0 Å². The van der Waals surface area contributed by atoms with Crippen molar-refractivity contribution in [3.8, 4) is 0 Å². The van der Waals surface area contributed by atoms with Gasteiger partial charge in [-0.05, 0) is 43.3 Å². The van der Waals surface area contributed by atoms with E-state index in [4.69, 9.17) is 0 Å². The van der Waals surface area contributed by atoms with Crippen LogP contribution in [0.25, 0.3) is 0 Å². The molecule has 0 aliphatic rings. The molecular weight excluding hydrogens is 362 g/mol. The number of anilines is 1. The number of hydrogen-bond acceptors (Lipinski definition) is 4. The van der Waals surface area contributed by atoms with Gasteiger partial charge >= 0.3 is 0 Å². The van der Waals surface area contributed by atoms with E-state index in [1.807, 2.05) is 12.1 Å².